The zero-order chi connectivity index (χ0) is 23.5. The molecule has 2 heterocycles. The quantitative estimate of drug-likeness (QED) is 0.226. The maximum Gasteiger partial charge on any atom is 0.263 e. The average Bonchev–Trinajstić information content (AvgIpc) is 3.29. The van der Waals surface area contributed by atoms with Crippen molar-refractivity contribution in [3.05, 3.63) is 93.7 Å². The summed E-state index contributed by atoms with van der Waals surface area (Å²) in [6.07, 6.45) is 0. The maximum absolute atomic E-state index is 13.4. The molecule has 0 aliphatic carbocycles. The Morgan fingerprint density at radius 3 is 2.50 bits per heavy atom. The summed E-state index contributed by atoms with van der Waals surface area (Å²) in [4.78, 5) is 13.4. The Morgan fingerprint density at radius 2 is 1.68 bits per heavy atom. The molecular formula is C25H21ClN4O3S. The molecule has 5 rings (SSSR count). The standard InChI is InChI=1S/C25H21ClN4O3S/c1-32-21-12-6-2-8-17(21)16-29-23(31)18-9-3-5-11-20(18)30-24(29)27-28-25(30)34-15-14-33-22-13-7-4-10-19(22)26/h2-13H,14-16H2,1H3. The van der Waals surface area contributed by atoms with Gasteiger partial charge in [0.15, 0.2) is 5.16 Å². The lowest BCUT2D eigenvalue weighted by Gasteiger charge is -2.13. The van der Waals surface area contributed by atoms with E-state index in [2.05, 4.69) is 10.2 Å². The maximum atomic E-state index is 13.4. The topological polar surface area (TPSA) is 70.7 Å². The second-order valence-corrected chi connectivity index (χ2v) is 8.93. The van der Waals surface area contributed by atoms with E-state index in [0.717, 1.165) is 11.1 Å². The van der Waals surface area contributed by atoms with Crippen LogP contribution in [0.5, 0.6) is 11.5 Å². The second kappa shape index (κ2) is 9.79. The van der Waals surface area contributed by atoms with Crippen LogP contribution in [0.4, 0.5) is 0 Å². The lowest BCUT2D eigenvalue weighted by molar-refractivity contribution is 0.344. The first-order chi connectivity index (χ1) is 16.7. The van der Waals surface area contributed by atoms with Crippen LogP contribution in [0, 0.1) is 0 Å². The first-order valence-electron chi connectivity index (χ1n) is 10.7. The van der Waals surface area contributed by atoms with E-state index in [9.17, 15) is 4.79 Å². The molecule has 34 heavy (non-hydrogen) atoms. The molecule has 0 unspecified atom stereocenters. The van der Waals surface area contributed by atoms with Crippen LogP contribution in [-0.2, 0) is 6.54 Å². The van der Waals surface area contributed by atoms with Gasteiger partial charge in [-0.25, -0.2) is 0 Å². The molecule has 0 amide bonds. The molecule has 0 radical (unpaired) electrons. The van der Waals surface area contributed by atoms with E-state index in [1.165, 1.54) is 11.8 Å². The summed E-state index contributed by atoms with van der Waals surface area (Å²) in [5.74, 6) is 2.47. The predicted molar refractivity (Wildman–Crippen MR) is 135 cm³/mol. The van der Waals surface area contributed by atoms with Crippen molar-refractivity contribution >= 4 is 40.0 Å². The van der Waals surface area contributed by atoms with Crippen molar-refractivity contribution < 1.29 is 9.47 Å². The number of aromatic nitrogens is 4. The third kappa shape index (κ3) is 4.22. The fourth-order valence-corrected chi connectivity index (χ4v) is 4.77. The molecule has 0 aliphatic heterocycles. The highest BCUT2D eigenvalue weighted by atomic mass is 35.5. The lowest BCUT2D eigenvalue weighted by Crippen LogP contribution is -2.24. The van der Waals surface area contributed by atoms with Gasteiger partial charge in [0, 0.05) is 11.3 Å². The predicted octanol–water partition coefficient (Wildman–Crippen LogP) is 4.93. The summed E-state index contributed by atoms with van der Waals surface area (Å²) in [5.41, 5.74) is 1.52. The number of fused-ring (bicyclic) bond motifs is 3. The van der Waals surface area contributed by atoms with Crippen molar-refractivity contribution in [2.45, 2.75) is 11.7 Å². The molecule has 2 aromatic heterocycles. The Bertz CT molecular complexity index is 1530. The Kier molecular flexibility index (Phi) is 6.42. The average molecular weight is 493 g/mol. The number of hydrogen-bond acceptors (Lipinski definition) is 6. The molecule has 0 bridgehead atoms. The summed E-state index contributed by atoms with van der Waals surface area (Å²) < 4.78 is 14.8. The van der Waals surface area contributed by atoms with Crippen LogP contribution >= 0.6 is 23.4 Å². The molecule has 0 atom stereocenters. The first-order valence-corrected chi connectivity index (χ1v) is 12.0. The zero-order valence-electron chi connectivity index (χ0n) is 18.3. The third-order valence-corrected chi connectivity index (χ3v) is 6.61. The largest absolute Gasteiger partial charge is 0.496 e. The van der Waals surface area contributed by atoms with Gasteiger partial charge in [0.1, 0.15) is 11.5 Å². The number of nitrogens with zero attached hydrogens (tertiary/aromatic N) is 4. The van der Waals surface area contributed by atoms with E-state index < -0.39 is 0 Å². The first kappa shape index (κ1) is 22.3. The summed E-state index contributed by atoms with van der Waals surface area (Å²) in [5, 5.41) is 10.6. The fraction of sp³-hybridized carbons (Fsp3) is 0.160. The number of methoxy groups -OCH3 is 1. The molecule has 172 valence electrons. The molecule has 5 aromatic rings. The molecule has 3 aromatic carbocycles. The lowest BCUT2D eigenvalue weighted by atomic mass is 10.2. The number of benzene rings is 3. The Morgan fingerprint density at radius 1 is 0.941 bits per heavy atom. The summed E-state index contributed by atoms with van der Waals surface area (Å²) in [6.45, 7) is 0.762. The highest BCUT2D eigenvalue weighted by Crippen LogP contribution is 2.26. The van der Waals surface area contributed by atoms with Crippen LogP contribution in [0.3, 0.4) is 0 Å². The third-order valence-electron chi connectivity index (χ3n) is 5.41. The van der Waals surface area contributed by atoms with Gasteiger partial charge in [-0.05, 0) is 30.3 Å². The van der Waals surface area contributed by atoms with Crippen LogP contribution in [0.15, 0.2) is 82.7 Å². The Balaban J connectivity index is 1.50. The Hall–Kier alpha value is -3.49. The van der Waals surface area contributed by atoms with Gasteiger partial charge in [-0.3, -0.25) is 13.8 Å². The minimum atomic E-state index is -0.125. The van der Waals surface area contributed by atoms with Gasteiger partial charge in [-0.1, -0.05) is 65.8 Å². The van der Waals surface area contributed by atoms with E-state index >= 15 is 0 Å². The highest BCUT2D eigenvalue weighted by molar-refractivity contribution is 7.99. The smallest absolute Gasteiger partial charge is 0.263 e. The molecule has 0 saturated heterocycles. The second-order valence-electron chi connectivity index (χ2n) is 7.47. The van der Waals surface area contributed by atoms with E-state index in [1.54, 1.807) is 17.7 Å². The number of hydrogen-bond donors (Lipinski definition) is 0. The van der Waals surface area contributed by atoms with E-state index in [4.69, 9.17) is 21.1 Å². The fourth-order valence-electron chi connectivity index (χ4n) is 3.82. The molecule has 0 fully saturated rings. The van der Waals surface area contributed by atoms with Crippen LogP contribution in [0.1, 0.15) is 5.56 Å². The van der Waals surface area contributed by atoms with Crippen molar-refractivity contribution in [1.82, 2.24) is 19.2 Å². The van der Waals surface area contributed by atoms with Crippen LogP contribution in [0.25, 0.3) is 16.7 Å². The monoisotopic (exact) mass is 492 g/mol. The molecule has 0 aliphatic rings. The Labute approximate surface area is 204 Å². The van der Waals surface area contributed by atoms with Gasteiger partial charge in [0.05, 0.1) is 36.2 Å². The van der Waals surface area contributed by atoms with Gasteiger partial charge < -0.3 is 9.47 Å². The van der Waals surface area contributed by atoms with Crippen LogP contribution < -0.4 is 15.0 Å². The minimum Gasteiger partial charge on any atom is -0.496 e. The zero-order valence-corrected chi connectivity index (χ0v) is 19.9. The number of rotatable bonds is 8. The molecule has 7 nitrogen and oxygen atoms in total. The summed E-state index contributed by atoms with van der Waals surface area (Å²) in [6, 6.07) is 22.5. The van der Waals surface area contributed by atoms with Gasteiger partial charge in [0.25, 0.3) is 5.56 Å². The molecule has 0 N–H and O–H groups in total. The van der Waals surface area contributed by atoms with E-state index in [1.807, 2.05) is 71.1 Å². The van der Waals surface area contributed by atoms with Crippen LogP contribution in [-0.4, -0.2) is 38.6 Å². The van der Waals surface area contributed by atoms with Crippen molar-refractivity contribution in [1.29, 1.82) is 0 Å². The number of ether oxygens (including phenoxy) is 2. The van der Waals surface area contributed by atoms with Gasteiger partial charge >= 0.3 is 0 Å². The summed E-state index contributed by atoms with van der Waals surface area (Å²) >= 11 is 7.67. The highest BCUT2D eigenvalue weighted by Gasteiger charge is 2.18. The van der Waals surface area contributed by atoms with Crippen molar-refractivity contribution in [3.8, 4) is 11.5 Å². The van der Waals surface area contributed by atoms with Crippen molar-refractivity contribution in [3.63, 3.8) is 0 Å². The van der Waals surface area contributed by atoms with Crippen LogP contribution in [0.2, 0.25) is 5.02 Å². The summed E-state index contributed by atoms with van der Waals surface area (Å²) in [7, 11) is 1.62. The SMILES string of the molecule is COc1ccccc1Cn1c(=O)c2ccccc2n2c(SCCOc3ccccc3Cl)nnc12. The molecule has 0 saturated carbocycles. The van der Waals surface area contributed by atoms with Gasteiger partial charge in [0.2, 0.25) is 5.78 Å². The number of halogens is 1. The number of para-hydroxylation sites is 3. The minimum absolute atomic E-state index is 0.125. The van der Waals surface area contributed by atoms with Crippen molar-refractivity contribution in [2.75, 3.05) is 19.5 Å². The van der Waals surface area contributed by atoms with Crippen molar-refractivity contribution in [2.24, 2.45) is 0 Å². The van der Waals surface area contributed by atoms with E-state index in [-0.39, 0.29) is 5.56 Å². The van der Waals surface area contributed by atoms with Gasteiger partial charge in [-0.15, -0.1) is 10.2 Å². The molecular weight excluding hydrogens is 472 g/mol. The molecule has 0 spiro atoms. The number of thioether (sulfide) groups is 1. The van der Waals surface area contributed by atoms with E-state index in [0.29, 0.717) is 51.7 Å². The normalized spacial score (nSPS) is 11.2. The van der Waals surface area contributed by atoms with Gasteiger partial charge in [-0.2, -0.15) is 0 Å². The molecule has 9 heteroatoms.